The molecule has 2 aromatic rings. The molecule has 1 heterocycles. The first-order valence-corrected chi connectivity index (χ1v) is 8.01. The van der Waals surface area contributed by atoms with Crippen LogP contribution in [0.3, 0.4) is 0 Å². The molecule has 0 unspecified atom stereocenters. The van der Waals surface area contributed by atoms with E-state index in [9.17, 15) is 4.79 Å². The van der Waals surface area contributed by atoms with Crippen LogP contribution >= 0.6 is 0 Å². The topological polar surface area (TPSA) is 57.8 Å². The van der Waals surface area contributed by atoms with Gasteiger partial charge in [0, 0.05) is 19.4 Å². The Bertz CT molecular complexity index is 566. The van der Waals surface area contributed by atoms with Crippen LogP contribution in [0.15, 0.2) is 24.3 Å². The fraction of sp³-hybridized carbons (Fsp3) is 0.529. The van der Waals surface area contributed by atoms with Crippen molar-refractivity contribution in [2.75, 3.05) is 6.54 Å². The molecule has 1 aliphatic carbocycles. The number of nitrogens with zero attached hydrogens (tertiary/aromatic N) is 1. The van der Waals surface area contributed by atoms with Gasteiger partial charge >= 0.3 is 0 Å². The number of hydrogen-bond acceptors (Lipinski definition) is 2. The second kappa shape index (κ2) is 6.74. The number of hydrogen-bond donors (Lipinski definition) is 2. The number of rotatable bonds is 6. The highest BCUT2D eigenvalue weighted by Crippen LogP contribution is 2.27. The van der Waals surface area contributed by atoms with Gasteiger partial charge in [-0.25, -0.2) is 4.98 Å². The molecule has 0 spiro atoms. The molecule has 21 heavy (non-hydrogen) atoms. The lowest BCUT2D eigenvalue weighted by Crippen LogP contribution is -2.26. The maximum absolute atomic E-state index is 11.8. The number of benzene rings is 1. The molecule has 1 fully saturated rings. The maximum Gasteiger partial charge on any atom is 0.220 e. The van der Waals surface area contributed by atoms with Gasteiger partial charge in [-0.2, -0.15) is 0 Å². The van der Waals surface area contributed by atoms with Gasteiger partial charge < -0.3 is 10.3 Å². The molecular weight excluding hydrogens is 262 g/mol. The van der Waals surface area contributed by atoms with Crippen LogP contribution in [0.5, 0.6) is 0 Å². The van der Waals surface area contributed by atoms with E-state index in [1.54, 1.807) is 0 Å². The van der Waals surface area contributed by atoms with Gasteiger partial charge in [-0.1, -0.05) is 25.0 Å². The Morgan fingerprint density at radius 1 is 1.29 bits per heavy atom. The zero-order valence-electron chi connectivity index (χ0n) is 12.4. The Morgan fingerprint density at radius 3 is 2.90 bits per heavy atom. The van der Waals surface area contributed by atoms with Gasteiger partial charge in [0.1, 0.15) is 5.82 Å². The number of aryl methyl sites for hydroxylation is 1. The Kier molecular flexibility index (Phi) is 4.53. The third kappa shape index (κ3) is 3.84. The Balaban J connectivity index is 1.38. The van der Waals surface area contributed by atoms with E-state index in [0.29, 0.717) is 12.3 Å². The minimum Gasteiger partial charge on any atom is -0.356 e. The van der Waals surface area contributed by atoms with Gasteiger partial charge in [0.25, 0.3) is 0 Å². The van der Waals surface area contributed by atoms with E-state index in [-0.39, 0.29) is 5.91 Å². The number of para-hydroxylation sites is 2. The Hall–Kier alpha value is -1.84. The van der Waals surface area contributed by atoms with Gasteiger partial charge in [-0.15, -0.1) is 0 Å². The fourth-order valence-electron chi connectivity index (χ4n) is 3.16. The molecule has 4 heteroatoms. The molecule has 0 aliphatic heterocycles. The smallest absolute Gasteiger partial charge is 0.220 e. The number of carbonyl (C=O) groups excluding carboxylic acids is 1. The molecule has 1 aromatic carbocycles. The van der Waals surface area contributed by atoms with Gasteiger partial charge in [-0.3, -0.25) is 4.79 Å². The summed E-state index contributed by atoms with van der Waals surface area (Å²) in [6.45, 7) is 0.739. The molecule has 0 atom stereocenters. The van der Waals surface area contributed by atoms with Crippen LogP contribution in [0.2, 0.25) is 0 Å². The van der Waals surface area contributed by atoms with Crippen LogP contribution in [0, 0.1) is 5.92 Å². The summed E-state index contributed by atoms with van der Waals surface area (Å²) in [5.74, 6) is 1.84. The quantitative estimate of drug-likeness (QED) is 0.801. The third-order valence-corrected chi connectivity index (χ3v) is 4.30. The van der Waals surface area contributed by atoms with Gasteiger partial charge in [-0.05, 0) is 37.3 Å². The van der Waals surface area contributed by atoms with Gasteiger partial charge in [0.15, 0.2) is 0 Å². The molecule has 112 valence electrons. The summed E-state index contributed by atoms with van der Waals surface area (Å²) >= 11 is 0. The predicted octanol–water partition coefficient (Wildman–Crippen LogP) is 3.19. The van der Waals surface area contributed by atoms with Crippen molar-refractivity contribution in [3.05, 3.63) is 30.1 Å². The van der Waals surface area contributed by atoms with Crippen LogP contribution < -0.4 is 5.32 Å². The van der Waals surface area contributed by atoms with Crippen LogP contribution in [-0.2, 0) is 11.2 Å². The van der Waals surface area contributed by atoms with E-state index in [1.807, 2.05) is 24.3 Å². The first kappa shape index (κ1) is 14.1. The van der Waals surface area contributed by atoms with E-state index in [0.717, 1.165) is 36.2 Å². The molecule has 0 saturated heterocycles. The number of amides is 1. The molecular formula is C17H23N3O. The molecule has 0 radical (unpaired) electrons. The first-order valence-electron chi connectivity index (χ1n) is 8.01. The predicted molar refractivity (Wildman–Crippen MR) is 84.0 cm³/mol. The molecule has 0 bridgehead atoms. The normalized spacial score (nSPS) is 15.6. The molecule has 1 amide bonds. The highest BCUT2D eigenvalue weighted by Gasteiger charge is 2.17. The van der Waals surface area contributed by atoms with E-state index < -0.39 is 0 Å². The van der Waals surface area contributed by atoms with Crippen molar-refractivity contribution < 1.29 is 4.79 Å². The summed E-state index contributed by atoms with van der Waals surface area (Å²) in [6.07, 6.45) is 7.56. The number of aromatic amines is 1. The zero-order valence-corrected chi connectivity index (χ0v) is 12.4. The minimum atomic E-state index is 0.214. The van der Waals surface area contributed by atoms with Crippen LogP contribution in [0.1, 0.15) is 44.3 Å². The standard InChI is InChI=1S/C17H23N3O/c21-17(12-13-6-1-2-7-13)18-11-5-10-16-19-14-8-3-4-9-15(14)20-16/h3-4,8-9,13H,1-2,5-7,10-12H2,(H,18,21)(H,19,20). The van der Waals surface area contributed by atoms with Gasteiger partial charge in [0.2, 0.25) is 5.91 Å². The second-order valence-corrected chi connectivity index (χ2v) is 6.01. The largest absolute Gasteiger partial charge is 0.356 e. The average Bonchev–Trinajstić information content (AvgIpc) is 3.12. The third-order valence-electron chi connectivity index (χ3n) is 4.30. The lowest BCUT2D eigenvalue weighted by molar-refractivity contribution is -0.121. The summed E-state index contributed by atoms with van der Waals surface area (Å²) < 4.78 is 0. The van der Waals surface area contributed by atoms with E-state index in [1.165, 1.54) is 25.7 Å². The summed E-state index contributed by atoms with van der Waals surface area (Å²) in [6, 6.07) is 8.05. The van der Waals surface area contributed by atoms with Crippen LogP contribution in [0.25, 0.3) is 11.0 Å². The van der Waals surface area contributed by atoms with Crippen LogP contribution in [0.4, 0.5) is 0 Å². The van der Waals surface area contributed by atoms with E-state index in [2.05, 4.69) is 15.3 Å². The van der Waals surface area contributed by atoms with Crippen LogP contribution in [-0.4, -0.2) is 22.4 Å². The van der Waals surface area contributed by atoms with Crippen molar-refractivity contribution in [3.63, 3.8) is 0 Å². The van der Waals surface area contributed by atoms with Crippen molar-refractivity contribution >= 4 is 16.9 Å². The zero-order chi connectivity index (χ0) is 14.5. The SMILES string of the molecule is O=C(CC1CCCC1)NCCCc1nc2ccccc2[nH]1. The van der Waals surface area contributed by atoms with E-state index >= 15 is 0 Å². The molecule has 1 aliphatic rings. The lowest BCUT2D eigenvalue weighted by atomic mass is 10.0. The molecule has 2 N–H and O–H groups in total. The van der Waals surface area contributed by atoms with Crippen molar-refractivity contribution in [2.45, 2.75) is 44.9 Å². The van der Waals surface area contributed by atoms with Crippen molar-refractivity contribution in [2.24, 2.45) is 5.92 Å². The maximum atomic E-state index is 11.8. The number of carbonyl (C=O) groups is 1. The number of fused-ring (bicyclic) bond motifs is 1. The number of H-pyrrole nitrogens is 1. The Morgan fingerprint density at radius 2 is 2.10 bits per heavy atom. The number of nitrogens with one attached hydrogen (secondary N) is 2. The van der Waals surface area contributed by atoms with Crippen molar-refractivity contribution in [1.82, 2.24) is 15.3 Å². The number of aromatic nitrogens is 2. The Labute approximate surface area is 125 Å². The minimum absolute atomic E-state index is 0.214. The molecule has 1 aromatic heterocycles. The van der Waals surface area contributed by atoms with Gasteiger partial charge in [0.05, 0.1) is 11.0 Å². The molecule has 1 saturated carbocycles. The summed E-state index contributed by atoms with van der Waals surface area (Å²) in [5, 5.41) is 3.03. The first-order chi connectivity index (χ1) is 10.3. The summed E-state index contributed by atoms with van der Waals surface area (Å²) in [4.78, 5) is 19.7. The molecule has 3 rings (SSSR count). The summed E-state index contributed by atoms with van der Waals surface area (Å²) in [7, 11) is 0. The highest BCUT2D eigenvalue weighted by molar-refractivity contribution is 5.76. The second-order valence-electron chi connectivity index (χ2n) is 6.01. The van der Waals surface area contributed by atoms with Crippen molar-refractivity contribution in [1.29, 1.82) is 0 Å². The number of imidazole rings is 1. The van der Waals surface area contributed by atoms with E-state index in [4.69, 9.17) is 0 Å². The van der Waals surface area contributed by atoms with Crippen molar-refractivity contribution in [3.8, 4) is 0 Å². The fourth-order valence-corrected chi connectivity index (χ4v) is 3.16. The lowest BCUT2D eigenvalue weighted by Gasteiger charge is -2.09. The summed E-state index contributed by atoms with van der Waals surface area (Å²) in [5.41, 5.74) is 2.09. The highest BCUT2D eigenvalue weighted by atomic mass is 16.1. The molecule has 4 nitrogen and oxygen atoms in total. The monoisotopic (exact) mass is 285 g/mol. The average molecular weight is 285 g/mol.